The Labute approximate surface area is 114 Å². The van der Waals surface area contributed by atoms with Crippen LogP contribution in [0.25, 0.3) is 0 Å². The molecule has 2 rings (SSSR count). The van der Waals surface area contributed by atoms with Gasteiger partial charge in [-0.3, -0.25) is 0 Å². The van der Waals surface area contributed by atoms with Crippen LogP contribution in [0, 0.1) is 6.92 Å². The number of benzene rings is 1. The van der Waals surface area contributed by atoms with Gasteiger partial charge in [0.05, 0.1) is 0 Å². The molecule has 0 aromatic heterocycles. The summed E-state index contributed by atoms with van der Waals surface area (Å²) in [4.78, 5) is 0. The molecular weight excluding hydrogens is 238 g/mol. The van der Waals surface area contributed by atoms with Crippen molar-refractivity contribution in [3.05, 3.63) is 34.9 Å². The summed E-state index contributed by atoms with van der Waals surface area (Å²) in [6, 6.07) is 5.91. The van der Waals surface area contributed by atoms with Crippen LogP contribution in [0.15, 0.2) is 23.4 Å². The zero-order valence-electron chi connectivity index (χ0n) is 11.7. The first kappa shape index (κ1) is 13.9. The number of hydrogen-bond acceptors (Lipinski definition) is 3. The van der Waals surface area contributed by atoms with Gasteiger partial charge >= 0.3 is 0 Å². The smallest absolute Gasteiger partial charge is 0.170 e. The summed E-state index contributed by atoms with van der Waals surface area (Å²) >= 11 is 0. The molecule has 1 aliphatic carbocycles. The molecule has 4 nitrogen and oxygen atoms in total. The Balaban J connectivity index is 2.05. The van der Waals surface area contributed by atoms with E-state index in [9.17, 15) is 0 Å². The fourth-order valence-corrected chi connectivity index (χ4v) is 2.75. The highest BCUT2D eigenvalue weighted by atomic mass is 16.4. The van der Waals surface area contributed by atoms with Gasteiger partial charge in [0, 0.05) is 17.6 Å². The van der Waals surface area contributed by atoms with Crippen LogP contribution in [-0.2, 0) is 6.54 Å². The van der Waals surface area contributed by atoms with E-state index in [1.807, 2.05) is 18.2 Å². The number of amidine groups is 1. The Morgan fingerprint density at radius 3 is 2.68 bits per heavy atom. The predicted molar refractivity (Wildman–Crippen MR) is 77.4 cm³/mol. The van der Waals surface area contributed by atoms with E-state index in [1.54, 1.807) is 0 Å². The van der Waals surface area contributed by atoms with Crippen molar-refractivity contribution in [2.45, 2.75) is 51.6 Å². The highest BCUT2D eigenvalue weighted by molar-refractivity contribution is 5.97. The molecule has 0 bridgehead atoms. The monoisotopic (exact) mass is 261 g/mol. The van der Waals surface area contributed by atoms with Crippen molar-refractivity contribution < 1.29 is 5.21 Å². The SMILES string of the molecule is Cc1cc(/C(N)=N/O)ccc1CNC1(C)CCCC1. The first-order valence-corrected chi connectivity index (χ1v) is 6.86. The zero-order valence-corrected chi connectivity index (χ0v) is 11.7. The average Bonchev–Trinajstić information content (AvgIpc) is 2.83. The Kier molecular flexibility index (Phi) is 4.10. The van der Waals surface area contributed by atoms with Gasteiger partial charge in [0.2, 0.25) is 0 Å². The molecular formula is C15H23N3O. The Morgan fingerprint density at radius 1 is 1.42 bits per heavy atom. The van der Waals surface area contributed by atoms with E-state index in [0.29, 0.717) is 0 Å². The van der Waals surface area contributed by atoms with Crippen molar-refractivity contribution in [2.75, 3.05) is 0 Å². The molecule has 1 aromatic rings. The lowest BCUT2D eigenvalue weighted by atomic mass is 9.99. The first-order valence-electron chi connectivity index (χ1n) is 6.86. The molecule has 0 unspecified atom stereocenters. The van der Waals surface area contributed by atoms with Crippen LogP contribution in [0.3, 0.4) is 0 Å². The quantitative estimate of drug-likeness (QED) is 0.337. The Bertz CT molecular complexity index is 476. The molecule has 19 heavy (non-hydrogen) atoms. The summed E-state index contributed by atoms with van der Waals surface area (Å²) in [6.45, 7) is 5.24. The molecule has 0 amide bonds. The Hall–Kier alpha value is -1.55. The molecule has 0 atom stereocenters. The van der Waals surface area contributed by atoms with Crippen molar-refractivity contribution >= 4 is 5.84 Å². The second-order valence-electron chi connectivity index (χ2n) is 5.75. The normalized spacial score (nSPS) is 18.7. The second-order valence-corrected chi connectivity index (χ2v) is 5.75. The van der Waals surface area contributed by atoms with Crippen LogP contribution in [0.5, 0.6) is 0 Å². The number of aryl methyl sites for hydroxylation is 1. The van der Waals surface area contributed by atoms with E-state index in [4.69, 9.17) is 10.9 Å². The van der Waals surface area contributed by atoms with Crippen molar-refractivity contribution in [1.82, 2.24) is 5.32 Å². The van der Waals surface area contributed by atoms with Gasteiger partial charge in [-0.25, -0.2) is 0 Å². The summed E-state index contributed by atoms with van der Waals surface area (Å²) in [6.07, 6.45) is 5.17. The maximum absolute atomic E-state index is 8.68. The fourth-order valence-electron chi connectivity index (χ4n) is 2.75. The lowest BCUT2D eigenvalue weighted by Crippen LogP contribution is -2.38. The largest absolute Gasteiger partial charge is 0.409 e. The summed E-state index contributed by atoms with van der Waals surface area (Å²) in [7, 11) is 0. The van der Waals surface area contributed by atoms with E-state index < -0.39 is 0 Å². The molecule has 4 N–H and O–H groups in total. The van der Waals surface area contributed by atoms with E-state index in [1.165, 1.54) is 31.2 Å². The fraction of sp³-hybridized carbons (Fsp3) is 0.533. The van der Waals surface area contributed by atoms with Gasteiger partial charge in [-0.2, -0.15) is 0 Å². The van der Waals surface area contributed by atoms with Crippen LogP contribution in [-0.4, -0.2) is 16.6 Å². The lowest BCUT2D eigenvalue weighted by molar-refractivity contribution is 0.318. The molecule has 0 aliphatic heterocycles. The lowest BCUT2D eigenvalue weighted by Gasteiger charge is -2.26. The zero-order chi connectivity index (χ0) is 13.9. The number of nitrogens with zero attached hydrogens (tertiary/aromatic N) is 1. The van der Waals surface area contributed by atoms with E-state index in [2.05, 4.69) is 24.3 Å². The van der Waals surface area contributed by atoms with Crippen molar-refractivity contribution in [2.24, 2.45) is 10.9 Å². The molecule has 0 spiro atoms. The van der Waals surface area contributed by atoms with Crippen LogP contribution in [0.1, 0.15) is 49.3 Å². The number of nitrogens with two attached hydrogens (primary N) is 1. The summed E-state index contributed by atoms with van der Waals surface area (Å²) in [5.41, 5.74) is 9.07. The topological polar surface area (TPSA) is 70.6 Å². The molecule has 0 heterocycles. The number of nitrogens with one attached hydrogen (secondary N) is 1. The summed E-state index contributed by atoms with van der Waals surface area (Å²) < 4.78 is 0. The average molecular weight is 261 g/mol. The summed E-state index contributed by atoms with van der Waals surface area (Å²) in [5.74, 6) is 0.158. The third kappa shape index (κ3) is 3.26. The van der Waals surface area contributed by atoms with Gasteiger partial charge in [0.1, 0.15) is 0 Å². The molecule has 1 aromatic carbocycles. The van der Waals surface area contributed by atoms with Gasteiger partial charge in [-0.1, -0.05) is 30.1 Å². The van der Waals surface area contributed by atoms with Crippen LogP contribution in [0.4, 0.5) is 0 Å². The summed E-state index contributed by atoms with van der Waals surface area (Å²) in [5, 5.41) is 15.4. The van der Waals surface area contributed by atoms with Crippen LogP contribution >= 0.6 is 0 Å². The highest BCUT2D eigenvalue weighted by Gasteiger charge is 2.27. The maximum Gasteiger partial charge on any atom is 0.170 e. The third-order valence-electron chi connectivity index (χ3n) is 4.16. The van der Waals surface area contributed by atoms with Crippen molar-refractivity contribution in [3.8, 4) is 0 Å². The molecule has 104 valence electrons. The van der Waals surface area contributed by atoms with Crippen LogP contribution < -0.4 is 11.1 Å². The molecule has 1 fully saturated rings. The molecule has 1 saturated carbocycles. The maximum atomic E-state index is 8.68. The minimum atomic E-state index is 0.158. The molecule has 1 aliphatic rings. The number of oxime groups is 1. The van der Waals surface area contributed by atoms with Gasteiger partial charge in [-0.15, -0.1) is 0 Å². The minimum absolute atomic E-state index is 0.158. The standard InChI is InChI=1S/C15H23N3O/c1-11-9-12(14(16)18-19)5-6-13(11)10-17-15(2)7-3-4-8-15/h5-6,9,17,19H,3-4,7-8,10H2,1-2H3,(H2,16,18). The number of rotatable bonds is 4. The van der Waals surface area contributed by atoms with Gasteiger partial charge < -0.3 is 16.3 Å². The molecule has 4 heteroatoms. The minimum Gasteiger partial charge on any atom is -0.409 e. The first-order chi connectivity index (χ1) is 9.04. The predicted octanol–water partition coefficient (Wildman–Crippen LogP) is 2.51. The number of hydrogen-bond donors (Lipinski definition) is 3. The Morgan fingerprint density at radius 2 is 2.11 bits per heavy atom. The van der Waals surface area contributed by atoms with Crippen molar-refractivity contribution in [1.29, 1.82) is 0 Å². The molecule has 0 saturated heterocycles. The third-order valence-corrected chi connectivity index (χ3v) is 4.16. The van der Waals surface area contributed by atoms with Gasteiger partial charge in [0.25, 0.3) is 0 Å². The van der Waals surface area contributed by atoms with E-state index in [-0.39, 0.29) is 11.4 Å². The highest BCUT2D eigenvalue weighted by Crippen LogP contribution is 2.29. The van der Waals surface area contributed by atoms with E-state index in [0.717, 1.165) is 17.7 Å². The molecule has 0 radical (unpaired) electrons. The van der Waals surface area contributed by atoms with E-state index >= 15 is 0 Å². The van der Waals surface area contributed by atoms with Crippen LogP contribution in [0.2, 0.25) is 0 Å². The van der Waals surface area contributed by atoms with Gasteiger partial charge in [-0.05, 0) is 43.9 Å². The second kappa shape index (κ2) is 5.61. The van der Waals surface area contributed by atoms with Gasteiger partial charge in [0.15, 0.2) is 5.84 Å². The van der Waals surface area contributed by atoms with Crippen molar-refractivity contribution in [3.63, 3.8) is 0 Å².